The molecule has 1 aromatic carbocycles. The van der Waals surface area contributed by atoms with Crippen LogP contribution in [0, 0.1) is 20.8 Å². The molecule has 0 amide bonds. The Labute approximate surface area is 94.7 Å². The van der Waals surface area contributed by atoms with Gasteiger partial charge >= 0.3 is 94.7 Å². The summed E-state index contributed by atoms with van der Waals surface area (Å²) >= 11 is 0.717. The van der Waals surface area contributed by atoms with Crippen LogP contribution in [0.5, 0.6) is 0 Å². The van der Waals surface area contributed by atoms with Crippen molar-refractivity contribution in [1.29, 1.82) is 0 Å². The van der Waals surface area contributed by atoms with Gasteiger partial charge in [0.25, 0.3) is 0 Å². The van der Waals surface area contributed by atoms with Gasteiger partial charge in [0.15, 0.2) is 0 Å². The van der Waals surface area contributed by atoms with Gasteiger partial charge in [-0.2, -0.15) is 0 Å². The summed E-state index contributed by atoms with van der Waals surface area (Å²) in [7, 11) is 0. The fourth-order valence-electron chi connectivity index (χ4n) is 1.63. The van der Waals surface area contributed by atoms with Crippen LogP contribution in [0.2, 0.25) is 19.6 Å². The topological polar surface area (TPSA) is 0 Å². The molecule has 0 unspecified atom stereocenters. The molecular weight excluding hydrogens is 251 g/mol. The van der Waals surface area contributed by atoms with Crippen molar-refractivity contribution >= 4 is 25.5 Å². The minimum atomic E-state index is -0.916. The zero-order valence-electron chi connectivity index (χ0n) is 10.1. The van der Waals surface area contributed by atoms with Gasteiger partial charge in [-0.15, -0.1) is 0 Å². The van der Waals surface area contributed by atoms with Crippen LogP contribution in [0.1, 0.15) is 16.7 Å². The summed E-state index contributed by atoms with van der Waals surface area (Å²) in [5, 5.41) is 0. The first-order valence-electron chi connectivity index (χ1n) is 5.06. The van der Waals surface area contributed by atoms with Crippen molar-refractivity contribution in [3.8, 4) is 0 Å². The van der Waals surface area contributed by atoms with Crippen LogP contribution in [0.15, 0.2) is 12.1 Å². The Kier molecular flexibility index (Phi) is 3.62. The molecule has 0 aliphatic carbocycles. The van der Waals surface area contributed by atoms with Crippen LogP contribution in [0.3, 0.4) is 0 Å². The van der Waals surface area contributed by atoms with Gasteiger partial charge in [-0.1, -0.05) is 0 Å². The molecule has 0 radical (unpaired) electrons. The normalized spacial score (nSPS) is 11.9. The van der Waals surface area contributed by atoms with Crippen LogP contribution in [0.25, 0.3) is 0 Å². The average Bonchev–Trinajstić information content (AvgIpc) is 1.95. The van der Waals surface area contributed by atoms with E-state index in [1.165, 1.54) is 16.7 Å². The predicted octanol–water partition coefficient (Wildman–Crippen LogP) is 2.78. The minimum absolute atomic E-state index is 0.717. The molecule has 1 rings (SSSR count). The molecule has 0 nitrogen and oxygen atoms in total. The van der Waals surface area contributed by atoms with Crippen molar-refractivity contribution in [3.05, 3.63) is 28.8 Å². The van der Waals surface area contributed by atoms with E-state index in [-0.39, 0.29) is 0 Å². The second kappa shape index (κ2) is 4.22. The van der Waals surface area contributed by atoms with E-state index in [4.69, 9.17) is 0 Å². The molecule has 0 aliphatic heterocycles. The summed E-state index contributed by atoms with van der Waals surface area (Å²) in [6.07, 6.45) is 0. The van der Waals surface area contributed by atoms with Crippen LogP contribution >= 0.6 is 0 Å². The van der Waals surface area contributed by atoms with Gasteiger partial charge in [0.2, 0.25) is 0 Å². The van der Waals surface area contributed by atoms with Gasteiger partial charge in [0.1, 0.15) is 0 Å². The van der Waals surface area contributed by atoms with Crippen molar-refractivity contribution in [2.75, 3.05) is 0 Å². The molecule has 0 spiro atoms. The van der Waals surface area contributed by atoms with Crippen LogP contribution in [-0.2, 0) is 0 Å². The molecule has 78 valence electrons. The Hall–Kier alpha value is -0.0436. The fourth-order valence-corrected chi connectivity index (χ4v) is 8.70. The van der Waals surface area contributed by atoms with Crippen LogP contribution in [0.4, 0.5) is 0 Å². The van der Waals surface area contributed by atoms with E-state index in [1.54, 1.807) is 4.46 Å². The number of benzene rings is 1. The monoisotopic (exact) mass is 272 g/mol. The third-order valence-corrected chi connectivity index (χ3v) is 9.32. The van der Waals surface area contributed by atoms with Gasteiger partial charge in [-0.25, -0.2) is 0 Å². The van der Waals surface area contributed by atoms with E-state index >= 15 is 0 Å². The first-order chi connectivity index (χ1) is 6.29. The van der Waals surface area contributed by atoms with E-state index in [0.717, 1.165) is 14.3 Å². The maximum absolute atomic E-state index is 2.46. The van der Waals surface area contributed by atoms with Gasteiger partial charge in [0, 0.05) is 0 Å². The maximum atomic E-state index is 2.46. The van der Waals surface area contributed by atoms with E-state index in [2.05, 4.69) is 52.5 Å². The molecule has 0 fully saturated rings. The Bertz CT molecular complexity index is 314. The number of rotatable bonds is 2. The van der Waals surface area contributed by atoms with Crippen LogP contribution < -0.4 is 4.46 Å². The third kappa shape index (κ3) is 3.27. The Morgan fingerprint density at radius 3 is 1.71 bits per heavy atom. The summed E-state index contributed by atoms with van der Waals surface area (Å²) in [6, 6.07) is 4.65. The van der Waals surface area contributed by atoms with E-state index in [9.17, 15) is 0 Å². The van der Waals surface area contributed by atoms with E-state index in [1.807, 2.05) is 0 Å². The molecule has 14 heavy (non-hydrogen) atoms. The van der Waals surface area contributed by atoms with Crippen molar-refractivity contribution in [3.63, 3.8) is 0 Å². The van der Waals surface area contributed by atoms with Gasteiger partial charge in [0.05, 0.1) is 0 Å². The van der Waals surface area contributed by atoms with Gasteiger partial charge in [-0.05, 0) is 0 Å². The standard InChI is InChI=1S/C12H20SeSi/c1-9-7-10(2)12(11(3)8-9)13-14(4,5)6/h7-8H,1-6H3. The van der Waals surface area contributed by atoms with Gasteiger partial charge in [-0.3, -0.25) is 0 Å². The molecule has 0 N–H and O–H groups in total. The summed E-state index contributed by atoms with van der Waals surface area (Å²) in [6.45, 7) is 13.2. The predicted molar refractivity (Wildman–Crippen MR) is 69.4 cm³/mol. The average molecular weight is 271 g/mol. The molecule has 0 aromatic heterocycles. The molecule has 0 heterocycles. The summed E-state index contributed by atoms with van der Waals surface area (Å²) < 4.78 is 1.65. The SMILES string of the molecule is Cc1cc(C)c([Se][Si](C)(C)C)c(C)c1. The zero-order chi connectivity index (χ0) is 10.9. The zero-order valence-corrected chi connectivity index (χ0v) is 12.8. The van der Waals surface area contributed by atoms with Crippen molar-refractivity contribution in [1.82, 2.24) is 0 Å². The Balaban J connectivity index is 3.09. The molecule has 2 heteroatoms. The molecule has 0 aliphatic rings. The Morgan fingerprint density at radius 2 is 1.36 bits per heavy atom. The number of hydrogen-bond donors (Lipinski definition) is 0. The molecule has 0 atom stereocenters. The first kappa shape index (κ1) is 12.0. The van der Waals surface area contributed by atoms with E-state index < -0.39 is 6.68 Å². The van der Waals surface area contributed by atoms with Crippen molar-refractivity contribution < 1.29 is 0 Å². The quantitative estimate of drug-likeness (QED) is 0.726. The second-order valence-corrected chi connectivity index (χ2v) is 19.2. The van der Waals surface area contributed by atoms with Crippen molar-refractivity contribution in [2.45, 2.75) is 40.4 Å². The summed E-state index contributed by atoms with van der Waals surface area (Å²) in [5.74, 6) is 0. The summed E-state index contributed by atoms with van der Waals surface area (Å²) in [5.41, 5.74) is 4.41. The molecule has 1 aromatic rings. The number of aryl methyl sites for hydroxylation is 3. The van der Waals surface area contributed by atoms with Crippen LogP contribution in [-0.4, -0.2) is 21.0 Å². The number of hydrogen-bond acceptors (Lipinski definition) is 0. The fraction of sp³-hybridized carbons (Fsp3) is 0.500. The van der Waals surface area contributed by atoms with Crippen molar-refractivity contribution in [2.24, 2.45) is 0 Å². The second-order valence-electron chi connectivity index (χ2n) is 4.94. The molecule has 0 bridgehead atoms. The van der Waals surface area contributed by atoms with Gasteiger partial charge < -0.3 is 0 Å². The first-order valence-corrected chi connectivity index (χ1v) is 11.9. The third-order valence-electron chi connectivity index (χ3n) is 2.01. The Morgan fingerprint density at radius 1 is 0.929 bits per heavy atom. The molecule has 0 saturated heterocycles. The molecule has 0 saturated carbocycles. The molecular formula is C12H20SeSi. The van der Waals surface area contributed by atoms with E-state index in [0.29, 0.717) is 0 Å². The summed E-state index contributed by atoms with van der Waals surface area (Å²) in [4.78, 5) is 0.